The van der Waals surface area contributed by atoms with E-state index < -0.39 is 0 Å². The Balaban J connectivity index is 1.48. The third-order valence-corrected chi connectivity index (χ3v) is 4.48. The van der Waals surface area contributed by atoms with E-state index in [0.29, 0.717) is 27.9 Å². The van der Waals surface area contributed by atoms with Crippen molar-refractivity contribution in [2.75, 3.05) is 12.5 Å². The van der Waals surface area contributed by atoms with Crippen LogP contribution < -0.4 is 9.47 Å². The van der Waals surface area contributed by atoms with E-state index in [0.717, 1.165) is 0 Å². The molecule has 126 valence electrons. The Morgan fingerprint density at radius 1 is 1.16 bits per heavy atom. The van der Waals surface area contributed by atoms with Gasteiger partial charge in [0, 0.05) is 5.56 Å². The standard InChI is InChI=1S/C16H12N4O4S/c21-12-4-2-11(3-5-12)20-16(17-18-19-20)25-8-13(22)10-1-6-14-15(7-10)24-9-23-14/h1-7,21H,8-9H2. The molecular formula is C16H12N4O4S. The number of fused-ring (bicyclic) bond motifs is 1. The maximum Gasteiger partial charge on any atom is 0.231 e. The molecule has 0 amide bonds. The maximum atomic E-state index is 12.4. The number of nitrogens with zero attached hydrogens (tertiary/aromatic N) is 4. The second kappa shape index (κ2) is 6.44. The largest absolute Gasteiger partial charge is 0.508 e. The van der Waals surface area contributed by atoms with Gasteiger partial charge in [-0.1, -0.05) is 11.8 Å². The summed E-state index contributed by atoms with van der Waals surface area (Å²) in [7, 11) is 0. The number of Topliss-reactive ketones (excluding diaryl/α,β-unsaturated/α-hetero) is 1. The average molecular weight is 356 g/mol. The summed E-state index contributed by atoms with van der Waals surface area (Å²) in [5, 5.41) is 21.4. The van der Waals surface area contributed by atoms with Gasteiger partial charge in [-0.15, -0.1) is 5.10 Å². The van der Waals surface area contributed by atoms with Crippen LogP contribution in [0.3, 0.4) is 0 Å². The van der Waals surface area contributed by atoms with Crippen LogP contribution in [0.15, 0.2) is 47.6 Å². The van der Waals surface area contributed by atoms with E-state index in [1.165, 1.54) is 16.4 Å². The lowest BCUT2D eigenvalue weighted by molar-refractivity contribution is 0.102. The molecule has 3 aromatic rings. The molecule has 0 saturated carbocycles. The molecule has 0 saturated heterocycles. The molecule has 0 unspecified atom stereocenters. The molecule has 1 N–H and O–H groups in total. The Bertz CT molecular complexity index is 926. The summed E-state index contributed by atoms with van der Waals surface area (Å²) in [6.45, 7) is 0.170. The predicted molar refractivity (Wildman–Crippen MR) is 88.4 cm³/mol. The molecule has 9 heteroatoms. The van der Waals surface area contributed by atoms with Crippen LogP contribution >= 0.6 is 11.8 Å². The topological polar surface area (TPSA) is 99.4 Å². The highest BCUT2D eigenvalue weighted by Gasteiger charge is 2.17. The molecule has 0 aliphatic carbocycles. The van der Waals surface area contributed by atoms with E-state index in [4.69, 9.17) is 9.47 Å². The molecule has 2 heterocycles. The Labute approximate surface area is 146 Å². The Kier molecular flexibility index (Phi) is 3.98. The molecule has 1 aliphatic heterocycles. The fourth-order valence-corrected chi connectivity index (χ4v) is 3.09. The van der Waals surface area contributed by atoms with E-state index in [2.05, 4.69) is 15.5 Å². The van der Waals surface area contributed by atoms with Crippen molar-refractivity contribution in [2.24, 2.45) is 0 Å². The van der Waals surface area contributed by atoms with Crippen molar-refractivity contribution in [3.63, 3.8) is 0 Å². The number of phenolic OH excluding ortho intramolecular Hbond substituents is 1. The van der Waals surface area contributed by atoms with Crippen LogP contribution in [0, 0.1) is 0 Å². The van der Waals surface area contributed by atoms with Crippen LogP contribution in [0.2, 0.25) is 0 Å². The van der Waals surface area contributed by atoms with Gasteiger partial charge in [-0.3, -0.25) is 4.79 Å². The minimum Gasteiger partial charge on any atom is -0.508 e. The maximum absolute atomic E-state index is 12.4. The van der Waals surface area contributed by atoms with Gasteiger partial charge in [-0.05, 0) is 52.9 Å². The summed E-state index contributed by atoms with van der Waals surface area (Å²) in [6.07, 6.45) is 0. The minimum absolute atomic E-state index is 0.0662. The highest BCUT2D eigenvalue weighted by Crippen LogP contribution is 2.33. The van der Waals surface area contributed by atoms with E-state index >= 15 is 0 Å². The van der Waals surface area contributed by atoms with E-state index in [-0.39, 0.29) is 24.1 Å². The first-order valence-electron chi connectivity index (χ1n) is 7.34. The molecule has 8 nitrogen and oxygen atoms in total. The number of tetrazole rings is 1. The van der Waals surface area contributed by atoms with Gasteiger partial charge in [-0.2, -0.15) is 4.68 Å². The van der Waals surface area contributed by atoms with E-state index in [1.807, 2.05) is 0 Å². The summed E-state index contributed by atoms with van der Waals surface area (Å²) in [4.78, 5) is 12.4. The number of hydrogen-bond donors (Lipinski definition) is 1. The molecule has 1 aromatic heterocycles. The number of ketones is 1. The lowest BCUT2D eigenvalue weighted by Crippen LogP contribution is -2.05. The number of thioether (sulfide) groups is 1. The number of aromatic nitrogens is 4. The molecule has 0 fully saturated rings. The quantitative estimate of drug-likeness (QED) is 0.548. The third kappa shape index (κ3) is 3.13. The van der Waals surface area contributed by atoms with E-state index in [1.54, 1.807) is 42.5 Å². The number of rotatable bonds is 5. The third-order valence-electron chi connectivity index (χ3n) is 3.56. The fraction of sp³-hybridized carbons (Fsp3) is 0.125. The fourth-order valence-electron chi connectivity index (χ4n) is 2.31. The molecule has 0 radical (unpaired) electrons. The predicted octanol–water partition coefficient (Wildman–Crippen LogP) is 2.07. The number of carbonyl (C=O) groups excluding carboxylic acids is 1. The van der Waals surface area contributed by atoms with Gasteiger partial charge in [0.2, 0.25) is 11.9 Å². The minimum atomic E-state index is -0.0662. The summed E-state index contributed by atoms with van der Waals surface area (Å²) in [5.41, 5.74) is 1.24. The monoisotopic (exact) mass is 356 g/mol. The highest BCUT2D eigenvalue weighted by atomic mass is 32.2. The van der Waals surface area contributed by atoms with Crippen LogP contribution in [0.1, 0.15) is 10.4 Å². The summed E-state index contributed by atoms with van der Waals surface area (Å²) in [6, 6.07) is 11.6. The number of benzene rings is 2. The molecule has 2 aromatic carbocycles. The second-order valence-corrected chi connectivity index (χ2v) is 6.11. The van der Waals surface area contributed by atoms with Gasteiger partial charge in [0.05, 0.1) is 11.4 Å². The van der Waals surface area contributed by atoms with Gasteiger partial charge in [0.1, 0.15) is 5.75 Å². The molecule has 4 rings (SSSR count). The zero-order valence-electron chi connectivity index (χ0n) is 12.8. The van der Waals surface area contributed by atoms with Gasteiger partial charge in [0.25, 0.3) is 0 Å². The van der Waals surface area contributed by atoms with Crippen molar-refractivity contribution in [3.05, 3.63) is 48.0 Å². The van der Waals surface area contributed by atoms with Crippen LogP contribution in [0.5, 0.6) is 17.2 Å². The Hall–Kier alpha value is -3.07. The Morgan fingerprint density at radius 2 is 1.96 bits per heavy atom. The van der Waals surface area contributed by atoms with Crippen molar-refractivity contribution in [2.45, 2.75) is 5.16 Å². The van der Waals surface area contributed by atoms with Gasteiger partial charge in [0.15, 0.2) is 17.3 Å². The van der Waals surface area contributed by atoms with Crippen molar-refractivity contribution in [3.8, 4) is 22.9 Å². The van der Waals surface area contributed by atoms with Gasteiger partial charge < -0.3 is 14.6 Å². The van der Waals surface area contributed by atoms with Crippen molar-refractivity contribution < 1.29 is 19.4 Å². The Morgan fingerprint density at radius 3 is 2.80 bits per heavy atom. The number of phenols is 1. The second-order valence-electron chi connectivity index (χ2n) is 5.17. The van der Waals surface area contributed by atoms with Crippen LogP contribution in [-0.2, 0) is 0 Å². The molecule has 0 atom stereocenters. The van der Waals surface area contributed by atoms with Crippen LogP contribution in [-0.4, -0.2) is 43.6 Å². The number of hydrogen-bond acceptors (Lipinski definition) is 8. The SMILES string of the molecule is O=C(CSc1nnnn1-c1ccc(O)cc1)c1ccc2c(c1)OCO2. The van der Waals surface area contributed by atoms with Crippen LogP contribution in [0.4, 0.5) is 0 Å². The molecular weight excluding hydrogens is 344 g/mol. The first kappa shape index (κ1) is 15.5. The highest BCUT2D eigenvalue weighted by molar-refractivity contribution is 7.99. The lowest BCUT2D eigenvalue weighted by Gasteiger charge is -2.05. The van der Waals surface area contributed by atoms with Crippen molar-refractivity contribution in [1.82, 2.24) is 20.2 Å². The lowest BCUT2D eigenvalue weighted by atomic mass is 10.1. The van der Waals surface area contributed by atoms with Gasteiger partial charge >= 0.3 is 0 Å². The first-order chi connectivity index (χ1) is 12.2. The summed E-state index contributed by atoms with van der Waals surface area (Å²) >= 11 is 1.23. The normalized spacial score (nSPS) is 12.3. The first-order valence-corrected chi connectivity index (χ1v) is 8.33. The smallest absolute Gasteiger partial charge is 0.231 e. The number of aromatic hydroxyl groups is 1. The number of carbonyl (C=O) groups is 1. The molecule has 0 spiro atoms. The molecule has 25 heavy (non-hydrogen) atoms. The van der Waals surface area contributed by atoms with E-state index in [9.17, 15) is 9.90 Å². The van der Waals surface area contributed by atoms with Crippen molar-refractivity contribution >= 4 is 17.5 Å². The zero-order chi connectivity index (χ0) is 17.2. The number of ether oxygens (including phenoxy) is 2. The van der Waals surface area contributed by atoms with Gasteiger partial charge in [-0.25, -0.2) is 0 Å². The molecule has 1 aliphatic rings. The van der Waals surface area contributed by atoms with Crippen LogP contribution in [0.25, 0.3) is 5.69 Å². The molecule has 0 bridgehead atoms. The van der Waals surface area contributed by atoms with Crippen molar-refractivity contribution in [1.29, 1.82) is 0 Å². The summed E-state index contributed by atoms with van der Waals surface area (Å²) in [5.74, 6) is 1.48. The summed E-state index contributed by atoms with van der Waals surface area (Å²) < 4.78 is 12.0. The average Bonchev–Trinajstić information content (AvgIpc) is 3.28. The zero-order valence-corrected chi connectivity index (χ0v) is 13.6.